The molecule has 6 heteroatoms. The van der Waals surface area contributed by atoms with Crippen LogP contribution in [0.5, 0.6) is 5.75 Å². The van der Waals surface area contributed by atoms with Gasteiger partial charge in [0.1, 0.15) is 12.1 Å². The first-order valence-corrected chi connectivity index (χ1v) is 7.95. The zero-order valence-electron chi connectivity index (χ0n) is 13.7. The summed E-state index contributed by atoms with van der Waals surface area (Å²) in [4.78, 5) is 26.2. The molecule has 0 N–H and O–H groups in total. The highest BCUT2D eigenvalue weighted by Gasteiger charge is 2.41. The molecule has 0 aromatic heterocycles. The minimum Gasteiger partial charge on any atom is -0.485 e. The number of para-hydroxylation sites is 1. The number of ether oxygens (including phenoxy) is 2. The van der Waals surface area contributed by atoms with Gasteiger partial charge in [-0.2, -0.15) is 0 Å². The van der Waals surface area contributed by atoms with Crippen LogP contribution in [-0.4, -0.2) is 42.6 Å². The van der Waals surface area contributed by atoms with E-state index in [1.54, 1.807) is 36.4 Å². The van der Waals surface area contributed by atoms with Crippen LogP contribution in [-0.2, 0) is 9.53 Å². The summed E-state index contributed by atoms with van der Waals surface area (Å²) < 4.78 is 24.3. The van der Waals surface area contributed by atoms with Crippen molar-refractivity contribution in [1.29, 1.82) is 0 Å². The van der Waals surface area contributed by atoms with Gasteiger partial charge in [0, 0.05) is 12.0 Å². The lowest BCUT2D eigenvalue weighted by molar-refractivity contribution is -0.145. The maximum atomic E-state index is 13.8. The minimum atomic E-state index is -0.755. The zero-order valence-corrected chi connectivity index (χ0v) is 13.7. The molecule has 25 heavy (non-hydrogen) atoms. The average molecular weight is 343 g/mol. The fourth-order valence-electron chi connectivity index (χ4n) is 2.93. The molecule has 1 fully saturated rings. The molecule has 5 nitrogen and oxygen atoms in total. The van der Waals surface area contributed by atoms with Crippen molar-refractivity contribution < 1.29 is 23.5 Å². The predicted molar refractivity (Wildman–Crippen MR) is 88.7 cm³/mol. The van der Waals surface area contributed by atoms with Gasteiger partial charge in [0.2, 0.25) is 0 Å². The van der Waals surface area contributed by atoms with Gasteiger partial charge in [0.25, 0.3) is 5.91 Å². The van der Waals surface area contributed by atoms with Crippen molar-refractivity contribution in [2.45, 2.75) is 18.6 Å². The van der Waals surface area contributed by atoms with Gasteiger partial charge >= 0.3 is 5.97 Å². The summed E-state index contributed by atoms with van der Waals surface area (Å²) in [5.74, 6) is -1.17. The normalized spacial score (nSPS) is 19.5. The third kappa shape index (κ3) is 3.63. The van der Waals surface area contributed by atoms with Crippen molar-refractivity contribution in [2.24, 2.45) is 0 Å². The Morgan fingerprint density at radius 2 is 1.76 bits per heavy atom. The molecule has 2 unspecified atom stereocenters. The van der Waals surface area contributed by atoms with Gasteiger partial charge in [-0.05, 0) is 24.3 Å². The maximum absolute atomic E-state index is 13.8. The first-order chi connectivity index (χ1) is 12.1. The van der Waals surface area contributed by atoms with E-state index in [2.05, 4.69) is 0 Å². The van der Waals surface area contributed by atoms with Crippen molar-refractivity contribution in [2.75, 3.05) is 13.7 Å². The number of esters is 1. The molecule has 3 rings (SSSR count). The molecule has 1 aliphatic rings. The summed E-state index contributed by atoms with van der Waals surface area (Å²) in [6.07, 6.45) is -0.242. The van der Waals surface area contributed by atoms with Crippen LogP contribution in [0.25, 0.3) is 0 Å². The molecule has 0 saturated carbocycles. The van der Waals surface area contributed by atoms with Crippen LogP contribution in [0.3, 0.4) is 0 Å². The van der Waals surface area contributed by atoms with E-state index in [0.717, 1.165) is 0 Å². The highest BCUT2D eigenvalue weighted by atomic mass is 19.1. The Hall–Kier alpha value is -2.89. The van der Waals surface area contributed by atoms with Gasteiger partial charge in [-0.1, -0.05) is 30.3 Å². The monoisotopic (exact) mass is 343 g/mol. The number of hydrogen-bond donors (Lipinski definition) is 0. The van der Waals surface area contributed by atoms with Crippen LogP contribution in [0.4, 0.5) is 4.39 Å². The SMILES string of the molecule is COC(=O)C1CC(Oc2ccccc2F)CN1C(=O)c1ccccc1. The number of amides is 1. The molecule has 2 atom stereocenters. The molecule has 2 aromatic carbocycles. The lowest BCUT2D eigenvalue weighted by Crippen LogP contribution is -2.41. The second kappa shape index (κ2) is 7.34. The molecule has 0 aliphatic carbocycles. The zero-order chi connectivity index (χ0) is 17.8. The molecule has 1 amide bonds. The number of halogens is 1. The van der Waals surface area contributed by atoms with Gasteiger partial charge < -0.3 is 14.4 Å². The molecule has 2 aromatic rings. The molecule has 0 bridgehead atoms. The summed E-state index contributed by atoms with van der Waals surface area (Å²) in [5.41, 5.74) is 0.475. The fourth-order valence-corrected chi connectivity index (χ4v) is 2.93. The van der Waals surface area contributed by atoms with E-state index in [4.69, 9.17) is 9.47 Å². The topological polar surface area (TPSA) is 55.8 Å². The lowest BCUT2D eigenvalue weighted by atomic mass is 10.1. The Balaban J connectivity index is 1.80. The molecule has 0 spiro atoms. The molecule has 130 valence electrons. The van der Waals surface area contributed by atoms with Gasteiger partial charge in [0.15, 0.2) is 11.6 Å². The number of benzene rings is 2. The quantitative estimate of drug-likeness (QED) is 0.801. The van der Waals surface area contributed by atoms with Crippen LogP contribution in [0, 0.1) is 5.82 Å². The molecular formula is C19H18FNO4. The van der Waals surface area contributed by atoms with E-state index in [0.29, 0.717) is 5.56 Å². The molecule has 1 aliphatic heterocycles. The number of methoxy groups -OCH3 is 1. The Labute approximate surface area is 145 Å². The Bertz CT molecular complexity index is 765. The van der Waals surface area contributed by atoms with E-state index in [1.165, 1.54) is 24.1 Å². The van der Waals surface area contributed by atoms with Crippen molar-refractivity contribution in [1.82, 2.24) is 4.90 Å². The van der Waals surface area contributed by atoms with E-state index in [1.807, 2.05) is 6.07 Å². The maximum Gasteiger partial charge on any atom is 0.328 e. The second-order valence-electron chi connectivity index (χ2n) is 5.77. The summed E-state index contributed by atoms with van der Waals surface area (Å²) in [7, 11) is 1.28. The molecular weight excluding hydrogens is 325 g/mol. The number of nitrogens with zero attached hydrogens (tertiary/aromatic N) is 1. The van der Waals surface area contributed by atoms with E-state index < -0.39 is 23.9 Å². The summed E-state index contributed by atoms with van der Waals surface area (Å²) in [6, 6.07) is 14.0. The third-order valence-corrected chi connectivity index (χ3v) is 4.15. The largest absolute Gasteiger partial charge is 0.485 e. The lowest BCUT2D eigenvalue weighted by Gasteiger charge is -2.22. The Kier molecular flexibility index (Phi) is 4.97. The van der Waals surface area contributed by atoms with Crippen LogP contribution >= 0.6 is 0 Å². The van der Waals surface area contributed by atoms with Gasteiger partial charge in [-0.25, -0.2) is 9.18 Å². The molecule has 1 heterocycles. The van der Waals surface area contributed by atoms with E-state index in [9.17, 15) is 14.0 Å². The van der Waals surface area contributed by atoms with Gasteiger partial charge in [-0.15, -0.1) is 0 Å². The number of carbonyl (C=O) groups excluding carboxylic acids is 2. The van der Waals surface area contributed by atoms with Crippen molar-refractivity contribution >= 4 is 11.9 Å². The number of rotatable bonds is 4. The van der Waals surface area contributed by atoms with Crippen molar-refractivity contribution in [3.63, 3.8) is 0 Å². The summed E-state index contributed by atoms with van der Waals surface area (Å²) >= 11 is 0. The van der Waals surface area contributed by atoms with Crippen LogP contribution in [0.15, 0.2) is 54.6 Å². The predicted octanol–water partition coefficient (Wildman–Crippen LogP) is 2.66. The average Bonchev–Trinajstić information content (AvgIpc) is 3.07. The first-order valence-electron chi connectivity index (χ1n) is 7.95. The van der Waals surface area contributed by atoms with Crippen LogP contribution < -0.4 is 4.74 Å². The number of likely N-dealkylation sites (tertiary alicyclic amines) is 1. The molecule has 1 saturated heterocycles. The Morgan fingerprint density at radius 3 is 2.44 bits per heavy atom. The number of hydrogen-bond acceptors (Lipinski definition) is 4. The fraction of sp³-hybridized carbons (Fsp3) is 0.263. The Morgan fingerprint density at radius 1 is 1.08 bits per heavy atom. The smallest absolute Gasteiger partial charge is 0.328 e. The molecule has 0 radical (unpaired) electrons. The number of carbonyl (C=O) groups is 2. The van der Waals surface area contributed by atoms with E-state index in [-0.39, 0.29) is 24.6 Å². The van der Waals surface area contributed by atoms with Crippen LogP contribution in [0.2, 0.25) is 0 Å². The van der Waals surface area contributed by atoms with Gasteiger partial charge in [0.05, 0.1) is 13.7 Å². The minimum absolute atomic E-state index is 0.102. The first kappa shape index (κ1) is 17.0. The third-order valence-electron chi connectivity index (χ3n) is 4.15. The highest BCUT2D eigenvalue weighted by Crippen LogP contribution is 2.27. The van der Waals surface area contributed by atoms with E-state index >= 15 is 0 Å². The standard InChI is InChI=1S/C19H18FNO4/c1-24-19(23)16-11-14(25-17-10-6-5-9-15(17)20)12-21(16)18(22)13-7-3-2-4-8-13/h2-10,14,16H,11-12H2,1H3. The van der Waals surface area contributed by atoms with Crippen molar-refractivity contribution in [3.05, 3.63) is 66.0 Å². The highest BCUT2D eigenvalue weighted by molar-refractivity contribution is 5.97. The summed E-state index contributed by atoms with van der Waals surface area (Å²) in [6.45, 7) is 0.182. The van der Waals surface area contributed by atoms with Gasteiger partial charge in [-0.3, -0.25) is 4.79 Å². The second-order valence-corrected chi connectivity index (χ2v) is 5.77. The van der Waals surface area contributed by atoms with Crippen molar-refractivity contribution in [3.8, 4) is 5.75 Å². The summed E-state index contributed by atoms with van der Waals surface area (Å²) in [5, 5.41) is 0. The van der Waals surface area contributed by atoms with Crippen LogP contribution in [0.1, 0.15) is 16.8 Å².